The molecule has 0 aliphatic heterocycles. The Hall–Kier alpha value is -0.860. The van der Waals surface area contributed by atoms with Crippen LogP contribution in [0.25, 0.3) is 0 Å². The predicted molar refractivity (Wildman–Crippen MR) is 94.3 cm³/mol. The third kappa shape index (κ3) is 2.04. The quantitative estimate of drug-likeness (QED) is 0.397. The zero-order valence-electron chi connectivity index (χ0n) is 15.2. The van der Waals surface area contributed by atoms with Crippen molar-refractivity contribution in [3.8, 4) is 12.3 Å². The minimum absolute atomic E-state index is 0.000215. The molecule has 4 heteroatoms. The summed E-state index contributed by atoms with van der Waals surface area (Å²) in [7, 11) is 0. The van der Waals surface area contributed by atoms with Crippen LogP contribution < -0.4 is 0 Å². The van der Waals surface area contributed by atoms with Gasteiger partial charge in [0.15, 0.2) is 5.60 Å². The highest BCUT2D eigenvalue weighted by molar-refractivity contribution is 5.32. The first-order valence-electron chi connectivity index (χ1n) is 9.63. The SMILES string of the molecule is C#CC1(O)C(O)C[C@H]2[C@@H]3C(O)C=C4CC(O)CC[C@]4(C)[C@@H]3CC[C@@]21C. The zero-order chi connectivity index (χ0) is 18.2. The van der Waals surface area contributed by atoms with Crippen LogP contribution in [0.4, 0.5) is 0 Å². The van der Waals surface area contributed by atoms with Gasteiger partial charge in [-0.05, 0) is 61.7 Å². The molecule has 4 unspecified atom stereocenters. The molecule has 4 N–H and O–H groups in total. The summed E-state index contributed by atoms with van der Waals surface area (Å²) in [6, 6.07) is 0. The number of hydrogen-bond acceptors (Lipinski definition) is 4. The van der Waals surface area contributed by atoms with E-state index in [1.165, 1.54) is 5.57 Å². The number of fused-ring (bicyclic) bond motifs is 5. The minimum Gasteiger partial charge on any atom is -0.393 e. The molecule has 9 atom stereocenters. The first-order valence-corrected chi connectivity index (χ1v) is 9.63. The van der Waals surface area contributed by atoms with E-state index in [-0.39, 0.29) is 23.4 Å². The van der Waals surface area contributed by atoms with Gasteiger partial charge in [0.05, 0.1) is 18.3 Å². The van der Waals surface area contributed by atoms with E-state index in [4.69, 9.17) is 6.42 Å². The minimum atomic E-state index is -1.52. The largest absolute Gasteiger partial charge is 0.393 e. The lowest BCUT2D eigenvalue weighted by Gasteiger charge is -2.59. The molecule has 4 nitrogen and oxygen atoms in total. The van der Waals surface area contributed by atoms with Gasteiger partial charge in [-0.3, -0.25) is 0 Å². The maximum absolute atomic E-state index is 11.0. The second-order valence-corrected chi connectivity index (χ2v) is 9.41. The molecule has 3 saturated carbocycles. The van der Waals surface area contributed by atoms with Gasteiger partial charge in [0.25, 0.3) is 0 Å². The van der Waals surface area contributed by atoms with Crippen molar-refractivity contribution < 1.29 is 20.4 Å². The molecule has 138 valence electrons. The highest BCUT2D eigenvalue weighted by Crippen LogP contribution is 2.66. The molecule has 0 aromatic heterocycles. The Balaban J connectivity index is 1.77. The van der Waals surface area contributed by atoms with E-state index in [0.29, 0.717) is 18.8 Å². The van der Waals surface area contributed by atoms with Crippen LogP contribution in [0.3, 0.4) is 0 Å². The fraction of sp³-hybridized carbons (Fsp3) is 0.810. The third-order valence-electron chi connectivity index (χ3n) is 8.54. The standard InChI is InChI=1S/C21H30O4/c1-4-21(25)17(24)11-15-18-14(6-8-20(15,21)3)19(2)7-5-13(22)9-12(19)10-16(18)23/h1,10,13-18,22-25H,5-9,11H2,2-3H3/t13?,14-,15+,16?,17?,18-,19+,20+,21?/m1/s1. The van der Waals surface area contributed by atoms with Crippen molar-refractivity contribution in [2.45, 2.75) is 76.3 Å². The summed E-state index contributed by atoms with van der Waals surface area (Å²) in [6.45, 7) is 4.26. The highest BCUT2D eigenvalue weighted by atomic mass is 16.3. The Morgan fingerprint density at radius 2 is 1.84 bits per heavy atom. The molecule has 4 aliphatic carbocycles. The first kappa shape index (κ1) is 17.5. The maximum atomic E-state index is 11.0. The monoisotopic (exact) mass is 346 g/mol. The molecule has 0 aromatic rings. The molecule has 0 amide bonds. The maximum Gasteiger partial charge on any atom is 0.156 e. The van der Waals surface area contributed by atoms with Gasteiger partial charge in [-0.2, -0.15) is 0 Å². The zero-order valence-corrected chi connectivity index (χ0v) is 15.2. The summed E-state index contributed by atoms with van der Waals surface area (Å²) in [4.78, 5) is 0. The lowest BCUT2D eigenvalue weighted by Crippen LogP contribution is -2.58. The Bertz CT molecular complexity index is 651. The molecular weight excluding hydrogens is 316 g/mol. The second-order valence-electron chi connectivity index (χ2n) is 9.41. The number of aliphatic hydroxyl groups excluding tert-OH is 3. The summed E-state index contributed by atoms with van der Waals surface area (Å²) >= 11 is 0. The summed E-state index contributed by atoms with van der Waals surface area (Å²) in [6.07, 6.45) is 10.2. The van der Waals surface area contributed by atoms with Crippen LogP contribution >= 0.6 is 0 Å². The van der Waals surface area contributed by atoms with Crippen molar-refractivity contribution >= 4 is 0 Å². The average molecular weight is 346 g/mol. The van der Waals surface area contributed by atoms with Gasteiger partial charge in [0.2, 0.25) is 0 Å². The molecule has 0 radical (unpaired) electrons. The summed E-state index contributed by atoms with van der Waals surface area (Å²) in [5, 5.41) is 42.6. The van der Waals surface area contributed by atoms with Crippen molar-refractivity contribution in [1.82, 2.24) is 0 Å². The van der Waals surface area contributed by atoms with Crippen LogP contribution in [0, 0.1) is 40.9 Å². The van der Waals surface area contributed by atoms with Crippen LogP contribution in [0.2, 0.25) is 0 Å². The molecule has 0 aromatic carbocycles. The van der Waals surface area contributed by atoms with Gasteiger partial charge < -0.3 is 20.4 Å². The van der Waals surface area contributed by atoms with Crippen molar-refractivity contribution in [1.29, 1.82) is 0 Å². The van der Waals surface area contributed by atoms with E-state index in [0.717, 1.165) is 25.7 Å². The van der Waals surface area contributed by atoms with E-state index in [1.54, 1.807) is 0 Å². The van der Waals surface area contributed by atoms with Gasteiger partial charge in [-0.1, -0.05) is 31.4 Å². The molecule has 4 aliphatic rings. The average Bonchev–Trinajstić information content (AvgIpc) is 2.77. The van der Waals surface area contributed by atoms with Gasteiger partial charge in [0.1, 0.15) is 0 Å². The van der Waals surface area contributed by atoms with Gasteiger partial charge in [0, 0.05) is 5.41 Å². The van der Waals surface area contributed by atoms with Crippen molar-refractivity contribution in [2.24, 2.45) is 28.6 Å². The van der Waals surface area contributed by atoms with Crippen LogP contribution in [0.1, 0.15) is 52.4 Å². The topological polar surface area (TPSA) is 80.9 Å². The molecule has 3 fully saturated rings. The Morgan fingerprint density at radius 3 is 2.52 bits per heavy atom. The Morgan fingerprint density at radius 1 is 1.12 bits per heavy atom. The second kappa shape index (κ2) is 5.33. The van der Waals surface area contributed by atoms with E-state index in [9.17, 15) is 20.4 Å². The van der Waals surface area contributed by atoms with Crippen molar-refractivity contribution in [3.05, 3.63) is 11.6 Å². The van der Waals surface area contributed by atoms with Crippen LogP contribution in [0.15, 0.2) is 11.6 Å². The van der Waals surface area contributed by atoms with Crippen LogP contribution in [-0.4, -0.2) is 44.3 Å². The Labute approximate surface area is 150 Å². The van der Waals surface area contributed by atoms with Gasteiger partial charge in [-0.15, -0.1) is 6.42 Å². The normalized spacial score (nSPS) is 57.7. The smallest absolute Gasteiger partial charge is 0.156 e. The van der Waals surface area contributed by atoms with Gasteiger partial charge >= 0.3 is 0 Å². The lowest BCUT2D eigenvalue weighted by molar-refractivity contribution is -0.135. The number of rotatable bonds is 0. The summed E-state index contributed by atoms with van der Waals surface area (Å²) < 4.78 is 0. The Kier molecular flexibility index (Phi) is 3.74. The first-order chi connectivity index (χ1) is 11.7. The summed E-state index contributed by atoms with van der Waals surface area (Å²) in [5.74, 6) is 2.79. The molecule has 4 rings (SSSR count). The van der Waals surface area contributed by atoms with E-state index < -0.39 is 23.2 Å². The third-order valence-corrected chi connectivity index (χ3v) is 8.54. The van der Waals surface area contributed by atoms with Crippen molar-refractivity contribution in [3.63, 3.8) is 0 Å². The lowest BCUT2D eigenvalue weighted by atomic mass is 9.46. The van der Waals surface area contributed by atoms with E-state index >= 15 is 0 Å². The molecule has 0 bridgehead atoms. The van der Waals surface area contributed by atoms with Crippen LogP contribution in [0.5, 0.6) is 0 Å². The molecular formula is C21H30O4. The van der Waals surface area contributed by atoms with Gasteiger partial charge in [-0.25, -0.2) is 0 Å². The fourth-order valence-electron chi connectivity index (χ4n) is 6.92. The molecule has 25 heavy (non-hydrogen) atoms. The number of terminal acetylenes is 1. The summed E-state index contributed by atoms with van der Waals surface area (Å²) in [5.41, 5.74) is -0.907. The van der Waals surface area contributed by atoms with Crippen LogP contribution in [-0.2, 0) is 0 Å². The van der Waals surface area contributed by atoms with E-state index in [2.05, 4.69) is 12.8 Å². The highest BCUT2D eigenvalue weighted by Gasteiger charge is 2.68. The number of hydrogen-bond donors (Lipinski definition) is 4. The molecule has 0 heterocycles. The molecule has 0 spiro atoms. The molecule has 0 saturated heterocycles. The van der Waals surface area contributed by atoms with Crippen molar-refractivity contribution in [2.75, 3.05) is 0 Å². The fourth-order valence-corrected chi connectivity index (χ4v) is 6.92. The van der Waals surface area contributed by atoms with E-state index in [1.807, 2.05) is 13.0 Å². The number of aliphatic hydroxyl groups is 4. The predicted octanol–water partition coefficient (Wildman–Crippen LogP) is 1.62.